The van der Waals surface area contributed by atoms with Crippen molar-refractivity contribution in [1.29, 1.82) is 0 Å². The van der Waals surface area contributed by atoms with E-state index in [1.807, 2.05) is 12.1 Å². The fourth-order valence-electron chi connectivity index (χ4n) is 9.35. The summed E-state index contributed by atoms with van der Waals surface area (Å²) in [6.07, 6.45) is 0. The van der Waals surface area contributed by atoms with Crippen LogP contribution in [-0.2, 0) is 5.41 Å². The molecule has 11 rings (SSSR count). The first kappa shape index (κ1) is 33.0. The quantitative estimate of drug-likeness (QED) is 0.171. The van der Waals surface area contributed by atoms with Crippen molar-refractivity contribution >= 4 is 21.5 Å². The lowest BCUT2D eigenvalue weighted by Gasteiger charge is -2.35. The fourth-order valence-corrected chi connectivity index (χ4v) is 9.35. The van der Waals surface area contributed by atoms with E-state index in [1.54, 1.807) is 0 Å². The minimum atomic E-state index is -0.564. The molecular weight excluding hydrogens is 689 g/mol. The average Bonchev–Trinajstić information content (AvgIpc) is 3.61. The van der Waals surface area contributed by atoms with Gasteiger partial charge in [0.05, 0.1) is 16.8 Å². The smallest absolute Gasteiger partial charge is 0.161 e. The predicted octanol–water partition coefficient (Wildman–Crippen LogP) is 13.8. The Labute approximate surface area is 332 Å². The molecule has 1 heterocycles. The molecular formula is C55H36N2. The Balaban J connectivity index is 1.20. The van der Waals surface area contributed by atoms with Gasteiger partial charge in [-0.15, -0.1) is 0 Å². The van der Waals surface area contributed by atoms with E-state index in [4.69, 9.17) is 9.97 Å². The van der Waals surface area contributed by atoms with Crippen molar-refractivity contribution < 1.29 is 0 Å². The molecule has 266 valence electrons. The molecule has 0 saturated carbocycles. The van der Waals surface area contributed by atoms with E-state index >= 15 is 0 Å². The molecule has 2 nitrogen and oxygen atoms in total. The van der Waals surface area contributed by atoms with Gasteiger partial charge in [0.1, 0.15) is 0 Å². The van der Waals surface area contributed by atoms with Crippen LogP contribution in [0.2, 0.25) is 0 Å². The zero-order valence-corrected chi connectivity index (χ0v) is 31.2. The van der Waals surface area contributed by atoms with Crippen molar-refractivity contribution in [2.45, 2.75) is 5.41 Å². The molecule has 1 aromatic heterocycles. The average molecular weight is 725 g/mol. The van der Waals surface area contributed by atoms with Gasteiger partial charge in [-0.2, -0.15) is 0 Å². The van der Waals surface area contributed by atoms with Crippen LogP contribution in [0.5, 0.6) is 0 Å². The summed E-state index contributed by atoms with van der Waals surface area (Å²) >= 11 is 0. The topological polar surface area (TPSA) is 25.8 Å². The van der Waals surface area contributed by atoms with Crippen LogP contribution in [0.3, 0.4) is 0 Å². The Morgan fingerprint density at radius 2 is 0.825 bits per heavy atom. The Bertz CT molecular complexity index is 3000. The van der Waals surface area contributed by atoms with Gasteiger partial charge in [0.15, 0.2) is 5.82 Å². The number of hydrogen-bond donors (Lipinski definition) is 0. The molecule has 0 N–H and O–H groups in total. The van der Waals surface area contributed by atoms with E-state index in [-0.39, 0.29) is 0 Å². The van der Waals surface area contributed by atoms with Gasteiger partial charge >= 0.3 is 0 Å². The van der Waals surface area contributed by atoms with E-state index in [2.05, 4.69) is 206 Å². The summed E-state index contributed by atoms with van der Waals surface area (Å²) in [6, 6.07) is 78.8. The second-order valence-corrected chi connectivity index (χ2v) is 14.8. The number of nitrogens with zero attached hydrogens (tertiary/aromatic N) is 2. The third kappa shape index (κ3) is 5.18. The van der Waals surface area contributed by atoms with Crippen LogP contribution in [0.4, 0.5) is 0 Å². The third-order valence-electron chi connectivity index (χ3n) is 11.8. The van der Waals surface area contributed by atoms with E-state index in [0.29, 0.717) is 5.82 Å². The molecule has 0 unspecified atom stereocenters. The highest BCUT2D eigenvalue weighted by molar-refractivity contribution is 6.09. The number of fused-ring (bicyclic) bond motifs is 6. The molecule has 0 atom stereocenters. The lowest BCUT2D eigenvalue weighted by atomic mass is 9.66. The van der Waals surface area contributed by atoms with Crippen LogP contribution in [0.25, 0.3) is 77.7 Å². The molecule has 0 bridgehead atoms. The number of benzene rings is 9. The Morgan fingerprint density at radius 1 is 0.333 bits per heavy atom. The fraction of sp³-hybridized carbons (Fsp3) is 0.0182. The summed E-state index contributed by atoms with van der Waals surface area (Å²) in [5.41, 5.74) is 14.4. The highest BCUT2D eigenvalue weighted by Crippen LogP contribution is 2.60. The number of rotatable bonds is 6. The summed E-state index contributed by atoms with van der Waals surface area (Å²) in [4.78, 5) is 10.5. The molecule has 0 saturated heterocycles. The van der Waals surface area contributed by atoms with Crippen LogP contribution in [0.1, 0.15) is 22.3 Å². The lowest BCUT2D eigenvalue weighted by molar-refractivity contribution is 0.771. The maximum Gasteiger partial charge on any atom is 0.161 e. The third-order valence-corrected chi connectivity index (χ3v) is 11.8. The molecule has 0 radical (unpaired) electrons. The van der Waals surface area contributed by atoms with Gasteiger partial charge in [-0.25, -0.2) is 9.97 Å². The van der Waals surface area contributed by atoms with Crippen molar-refractivity contribution in [3.05, 3.63) is 241 Å². The Morgan fingerprint density at radius 3 is 1.44 bits per heavy atom. The van der Waals surface area contributed by atoms with Gasteiger partial charge in [0.25, 0.3) is 0 Å². The van der Waals surface area contributed by atoms with Crippen molar-refractivity contribution in [2.75, 3.05) is 0 Å². The highest BCUT2D eigenvalue weighted by atomic mass is 14.9. The summed E-state index contributed by atoms with van der Waals surface area (Å²) < 4.78 is 0. The molecule has 2 heteroatoms. The second-order valence-electron chi connectivity index (χ2n) is 14.8. The van der Waals surface area contributed by atoms with Gasteiger partial charge in [-0.05, 0) is 78.2 Å². The van der Waals surface area contributed by atoms with Crippen LogP contribution in [-0.4, -0.2) is 9.97 Å². The summed E-state index contributed by atoms with van der Waals surface area (Å²) in [6.45, 7) is 0. The Hall–Kier alpha value is -7.42. The summed E-state index contributed by atoms with van der Waals surface area (Å²) in [5, 5.41) is 4.79. The van der Waals surface area contributed by atoms with Crippen molar-refractivity contribution in [1.82, 2.24) is 9.97 Å². The molecule has 57 heavy (non-hydrogen) atoms. The Kier molecular flexibility index (Phi) is 7.75. The van der Waals surface area contributed by atoms with Crippen molar-refractivity contribution in [2.24, 2.45) is 0 Å². The largest absolute Gasteiger partial charge is 0.228 e. The first-order chi connectivity index (χ1) is 28.3. The van der Waals surface area contributed by atoms with E-state index < -0.39 is 5.41 Å². The van der Waals surface area contributed by atoms with Crippen LogP contribution in [0.15, 0.2) is 218 Å². The zero-order valence-electron chi connectivity index (χ0n) is 31.2. The first-order valence-electron chi connectivity index (χ1n) is 19.6. The van der Waals surface area contributed by atoms with Gasteiger partial charge in [-0.1, -0.05) is 206 Å². The van der Waals surface area contributed by atoms with Gasteiger partial charge < -0.3 is 0 Å². The molecule has 0 spiro atoms. The highest BCUT2D eigenvalue weighted by Gasteiger charge is 2.48. The molecule has 0 fully saturated rings. The van der Waals surface area contributed by atoms with Crippen LogP contribution < -0.4 is 0 Å². The molecule has 9 aromatic carbocycles. The van der Waals surface area contributed by atoms with E-state index in [9.17, 15) is 0 Å². The first-order valence-corrected chi connectivity index (χ1v) is 19.6. The monoisotopic (exact) mass is 724 g/mol. The van der Waals surface area contributed by atoms with E-state index in [0.717, 1.165) is 38.9 Å². The molecule has 1 aliphatic rings. The lowest BCUT2D eigenvalue weighted by Crippen LogP contribution is -2.29. The van der Waals surface area contributed by atoms with Gasteiger partial charge in [0, 0.05) is 16.7 Å². The number of hydrogen-bond acceptors (Lipinski definition) is 2. The standard InChI is InChI=1S/C55H36N2/c1-5-19-38(20-6-1)50-36-51(39-21-7-2-8-22-39)57-54(56-50)47-34-33-45(43-28-15-16-29-44(43)47)46-30-17-31-48-52-42-27-14-13-18-37(42)32-35-49(52)55(53(46)48,40-23-9-3-10-24-40)41-25-11-4-12-26-41/h1-36H. The summed E-state index contributed by atoms with van der Waals surface area (Å²) in [7, 11) is 0. The second kappa shape index (κ2) is 13.4. The van der Waals surface area contributed by atoms with Crippen molar-refractivity contribution in [3.8, 4) is 56.2 Å². The van der Waals surface area contributed by atoms with Crippen molar-refractivity contribution in [3.63, 3.8) is 0 Å². The minimum absolute atomic E-state index is 0.564. The normalized spacial score (nSPS) is 12.7. The van der Waals surface area contributed by atoms with Gasteiger partial charge in [-0.3, -0.25) is 0 Å². The molecule has 0 aliphatic heterocycles. The SMILES string of the molecule is c1ccc(-c2cc(-c3ccccc3)nc(-c3ccc(-c4cccc5c4C(c4ccccc4)(c4ccccc4)c4ccc6ccccc6c4-5)c4ccccc34)n2)cc1. The van der Waals surface area contributed by atoms with Gasteiger partial charge in [0.2, 0.25) is 0 Å². The molecule has 0 amide bonds. The molecule has 1 aliphatic carbocycles. The van der Waals surface area contributed by atoms with Crippen LogP contribution >= 0.6 is 0 Å². The zero-order chi connectivity index (χ0) is 37.8. The van der Waals surface area contributed by atoms with E-state index in [1.165, 1.54) is 55.3 Å². The minimum Gasteiger partial charge on any atom is -0.228 e. The predicted molar refractivity (Wildman–Crippen MR) is 236 cm³/mol. The maximum atomic E-state index is 5.26. The maximum absolute atomic E-state index is 5.26. The van der Waals surface area contributed by atoms with Crippen LogP contribution in [0, 0.1) is 0 Å². The number of aromatic nitrogens is 2. The summed E-state index contributed by atoms with van der Waals surface area (Å²) in [5.74, 6) is 0.707. The molecule has 10 aromatic rings.